The zero-order valence-electron chi connectivity index (χ0n) is 13.7. The second-order valence-electron chi connectivity index (χ2n) is 6.24. The summed E-state index contributed by atoms with van der Waals surface area (Å²) in [5.41, 5.74) is 6.59. The number of hydrogen-bond donors (Lipinski definition) is 2. The maximum Gasteiger partial charge on any atom is 0.244 e. The quantitative estimate of drug-likeness (QED) is 0.863. The van der Waals surface area contributed by atoms with Crippen molar-refractivity contribution in [2.24, 2.45) is 18.7 Å². The second kappa shape index (κ2) is 6.86. The molecule has 1 aromatic rings. The molecule has 6 nitrogen and oxygen atoms in total. The van der Waals surface area contributed by atoms with Crippen molar-refractivity contribution in [3.05, 3.63) is 11.4 Å². The van der Waals surface area contributed by atoms with E-state index in [4.69, 9.17) is 5.73 Å². The average molecular weight is 351 g/mol. The van der Waals surface area contributed by atoms with Crippen LogP contribution in [0, 0.1) is 19.8 Å². The van der Waals surface area contributed by atoms with Crippen molar-refractivity contribution < 1.29 is 8.42 Å². The molecule has 1 heterocycles. The molecule has 0 bridgehead atoms. The van der Waals surface area contributed by atoms with Gasteiger partial charge in [0.05, 0.1) is 11.4 Å². The Kier molecular flexibility index (Phi) is 6.06. The van der Waals surface area contributed by atoms with E-state index < -0.39 is 15.6 Å². The van der Waals surface area contributed by atoms with Crippen molar-refractivity contribution in [2.45, 2.75) is 56.9 Å². The summed E-state index contributed by atoms with van der Waals surface area (Å²) in [6.07, 6.45) is 3.94. The number of rotatable bonds is 4. The molecule has 0 saturated heterocycles. The summed E-state index contributed by atoms with van der Waals surface area (Å²) in [4.78, 5) is 0.288. The SMILES string of the molecule is Cc1nn(C)c(C)c1S(=O)(=O)NC1(CN)CCCCC1C.Cl. The monoisotopic (exact) mass is 350 g/mol. The highest BCUT2D eigenvalue weighted by molar-refractivity contribution is 7.89. The van der Waals surface area contributed by atoms with Crippen LogP contribution < -0.4 is 10.5 Å². The molecule has 0 aromatic carbocycles. The topological polar surface area (TPSA) is 90.0 Å². The van der Waals surface area contributed by atoms with E-state index in [0.29, 0.717) is 17.9 Å². The minimum absolute atomic E-state index is 0. The molecule has 2 rings (SSSR count). The molecule has 2 atom stereocenters. The number of halogens is 1. The Bertz CT molecular complexity index is 629. The zero-order valence-corrected chi connectivity index (χ0v) is 15.4. The van der Waals surface area contributed by atoms with Crippen LogP contribution in [0.3, 0.4) is 0 Å². The predicted molar refractivity (Wildman–Crippen MR) is 89.7 cm³/mol. The first kappa shape index (κ1) is 19.4. The lowest BCUT2D eigenvalue weighted by Crippen LogP contribution is -2.59. The van der Waals surface area contributed by atoms with Gasteiger partial charge in [-0.15, -0.1) is 12.4 Å². The fourth-order valence-corrected chi connectivity index (χ4v) is 5.35. The molecule has 128 valence electrons. The molecule has 8 heteroatoms. The molecule has 1 aromatic heterocycles. The van der Waals surface area contributed by atoms with Gasteiger partial charge in [-0.25, -0.2) is 13.1 Å². The molecular weight excluding hydrogens is 324 g/mol. The zero-order chi connectivity index (χ0) is 15.8. The first-order chi connectivity index (χ1) is 9.73. The molecule has 1 aliphatic carbocycles. The third kappa shape index (κ3) is 3.32. The predicted octanol–water partition coefficient (Wildman–Crippen LogP) is 1.64. The Hall–Kier alpha value is -0.630. The fraction of sp³-hybridized carbons (Fsp3) is 0.786. The van der Waals surface area contributed by atoms with Crippen molar-refractivity contribution in [3.8, 4) is 0 Å². The number of nitrogens with zero attached hydrogens (tertiary/aromatic N) is 2. The summed E-state index contributed by atoms with van der Waals surface area (Å²) in [5.74, 6) is 0.239. The lowest BCUT2D eigenvalue weighted by molar-refractivity contribution is 0.191. The minimum atomic E-state index is -3.62. The lowest BCUT2D eigenvalue weighted by atomic mass is 9.74. The second-order valence-corrected chi connectivity index (χ2v) is 7.86. The molecule has 22 heavy (non-hydrogen) atoms. The maximum atomic E-state index is 12.8. The average Bonchev–Trinajstić information content (AvgIpc) is 2.66. The Labute approximate surface area is 139 Å². The van der Waals surface area contributed by atoms with E-state index in [1.807, 2.05) is 0 Å². The normalized spacial score (nSPS) is 25.8. The summed E-state index contributed by atoms with van der Waals surface area (Å²) in [6, 6.07) is 0. The Balaban J connectivity index is 0.00000242. The maximum absolute atomic E-state index is 12.8. The third-order valence-corrected chi connectivity index (χ3v) is 6.67. The van der Waals surface area contributed by atoms with Gasteiger partial charge in [0.25, 0.3) is 0 Å². The number of nitrogens with one attached hydrogen (secondary N) is 1. The van der Waals surface area contributed by atoms with Gasteiger partial charge in [-0.2, -0.15) is 5.10 Å². The molecule has 1 aliphatic rings. The van der Waals surface area contributed by atoms with Crippen molar-refractivity contribution in [2.75, 3.05) is 6.54 Å². The summed E-state index contributed by atoms with van der Waals surface area (Å²) in [6.45, 7) is 5.90. The molecule has 3 N–H and O–H groups in total. The molecule has 2 unspecified atom stereocenters. The summed E-state index contributed by atoms with van der Waals surface area (Å²) >= 11 is 0. The van der Waals surface area contributed by atoms with Crippen LogP contribution in [-0.2, 0) is 17.1 Å². The van der Waals surface area contributed by atoms with Gasteiger partial charge < -0.3 is 5.73 Å². The number of aryl methyl sites for hydroxylation is 2. The van der Waals surface area contributed by atoms with Crippen molar-refractivity contribution >= 4 is 22.4 Å². The van der Waals surface area contributed by atoms with Crippen molar-refractivity contribution in [1.82, 2.24) is 14.5 Å². The number of nitrogens with two attached hydrogens (primary N) is 1. The van der Waals surface area contributed by atoms with Gasteiger partial charge >= 0.3 is 0 Å². The molecule has 0 radical (unpaired) electrons. The Morgan fingerprint density at radius 1 is 1.41 bits per heavy atom. The minimum Gasteiger partial charge on any atom is -0.329 e. The molecule has 1 fully saturated rings. The largest absolute Gasteiger partial charge is 0.329 e. The van der Waals surface area contributed by atoms with Crippen LogP contribution in [0.15, 0.2) is 4.90 Å². The lowest BCUT2D eigenvalue weighted by Gasteiger charge is -2.42. The van der Waals surface area contributed by atoms with Crippen LogP contribution in [0.2, 0.25) is 0 Å². The van der Waals surface area contributed by atoms with Gasteiger partial charge in [0.1, 0.15) is 4.90 Å². The highest BCUT2D eigenvalue weighted by Crippen LogP contribution is 2.34. The molecule has 0 amide bonds. The van der Waals surface area contributed by atoms with Gasteiger partial charge in [-0.05, 0) is 32.6 Å². The molecule has 0 spiro atoms. The van der Waals surface area contributed by atoms with Gasteiger partial charge in [-0.1, -0.05) is 19.8 Å². The number of hydrogen-bond acceptors (Lipinski definition) is 4. The van der Waals surface area contributed by atoms with Crippen LogP contribution in [0.4, 0.5) is 0 Å². The van der Waals surface area contributed by atoms with Crippen LogP contribution in [0.1, 0.15) is 44.0 Å². The summed E-state index contributed by atoms with van der Waals surface area (Å²) < 4.78 is 30.2. The molecule has 1 saturated carbocycles. The number of sulfonamides is 1. The van der Waals surface area contributed by atoms with E-state index in [9.17, 15) is 8.42 Å². The third-order valence-electron chi connectivity index (χ3n) is 4.87. The van der Waals surface area contributed by atoms with Crippen LogP contribution >= 0.6 is 12.4 Å². The van der Waals surface area contributed by atoms with E-state index in [1.165, 1.54) is 0 Å². The van der Waals surface area contributed by atoms with E-state index in [-0.39, 0.29) is 23.2 Å². The highest BCUT2D eigenvalue weighted by atomic mass is 35.5. The summed E-state index contributed by atoms with van der Waals surface area (Å²) in [7, 11) is -1.86. The molecule has 0 aliphatic heterocycles. The first-order valence-electron chi connectivity index (χ1n) is 7.48. The van der Waals surface area contributed by atoms with E-state index in [2.05, 4.69) is 16.7 Å². The van der Waals surface area contributed by atoms with Crippen LogP contribution in [0.25, 0.3) is 0 Å². The van der Waals surface area contributed by atoms with Gasteiger partial charge in [0.15, 0.2) is 0 Å². The van der Waals surface area contributed by atoms with Crippen molar-refractivity contribution in [3.63, 3.8) is 0 Å². The van der Waals surface area contributed by atoms with Crippen LogP contribution in [0.5, 0.6) is 0 Å². The Morgan fingerprint density at radius 2 is 2.05 bits per heavy atom. The van der Waals surface area contributed by atoms with E-state index in [1.54, 1.807) is 25.6 Å². The van der Waals surface area contributed by atoms with E-state index in [0.717, 1.165) is 25.7 Å². The molecular formula is C14H27ClN4O2S. The van der Waals surface area contributed by atoms with Gasteiger partial charge in [0, 0.05) is 19.1 Å². The van der Waals surface area contributed by atoms with E-state index >= 15 is 0 Å². The number of aromatic nitrogens is 2. The summed E-state index contributed by atoms with van der Waals surface area (Å²) in [5, 5.41) is 4.20. The smallest absolute Gasteiger partial charge is 0.244 e. The van der Waals surface area contributed by atoms with Crippen LogP contribution in [-0.4, -0.2) is 30.3 Å². The highest BCUT2D eigenvalue weighted by Gasteiger charge is 2.41. The first-order valence-corrected chi connectivity index (χ1v) is 8.96. The van der Waals surface area contributed by atoms with Gasteiger partial charge in [-0.3, -0.25) is 4.68 Å². The van der Waals surface area contributed by atoms with Gasteiger partial charge in [0.2, 0.25) is 10.0 Å². The fourth-order valence-electron chi connectivity index (χ4n) is 3.37. The standard InChI is InChI=1S/C14H26N4O2S.ClH/c1-10-7-5-6-8-14(10,9-15)17-21(19,20)13-11(2)16-18(4)12(13)3;/h10,17H,5-9,15H2,1-4H3;1H. The Morgan fingerprint density at radius 3 is 2.50 bits per heavy atom. The van der Waals surface area contributed by atoms with Crippen molar-refractivity contribution in [1.29, 1.82) is 0 Å².